The fraction of sp³-hybridized carbons (Fsp3) is 0.467. The van der Waals surface area contributed by atoms with Crippen LogP contribution in [0.3, 0.4) is 0 Å². The van der Waals surface area contributed by atoms with Crippen molar-refractivity contribution >= 4 is 28.3 Å². The van der Waals surface area contributed by atoms with Crippen LogP contribution in [-0.4, -0.2) is 16.5 Å². The molecule has 1 aromatic heterocycles. The van der Waals surface area contributed by atoms with Crippen LogP contribution in [0.2, 0.25) is 5.02 Å². The number of fused-ring (bicyclic) bond motifs is 1. The fourth-order valence-corrected chi connectivity index (χ4v) is 1.82. The van der Waals surface area contributed by atoms with E-state index in [1.807, 2.05) is 32.0 Å². The predicted molar refractivity (Wildman–Crippen MR) is 83.8 cm³/mol. The van der Waals surface area contributed by atoms with Crippen LogP contribution < -0.4 is 5.32 Å². The number of benzene rings is 1. The Morgan fingerprint density at radius 2 is 1.95 bits per heavy atom. The van der Waals surface area contributed by atoms with Crippen LogP contribution in [0.4, 0.5) is 5.82 Å². The Labute approximate surface area is 120 Å². The third kappa shape index (κ3) is 4.67. The van der Waals surface area contributed by atoms with Crippen LogP contribution in [-0.2, 0) is 0 Å². The molecule has 4 heteroatoms. The van der Waals surface area contributed by atoms with E-state index < -0.39 is 0 Å². The van der Waals surface area contributed by atoms with E-state index in [9.17, 15) is 0 Å². The molecule has 0 aliphatic carbocycles. The molecule has 2 aromatic rings. The summed E-state index contributed by atoms with van der Waals surface area (Å²) in [6, 6.07) is 5.67. The first-order valence-electron chi connectivity index (χ1n) is 6.81. The first-order chi connectivity index (χ1) is 9.16. The van der Waals surface area contributed by atoms with Crippen molar-refractivity contribution in [3.8, 4) is 0 Å². The minimum atomic E-state index is 0.685. The minimum Gasteiger partial charge on any atom is -0.369 e. The van der Waals surface area contributed by atoms with E-state index in [1.54, 1.807) is 6.33 Å². The number of aromatic nitrogens is 2. The second-order valence-electron chi connectivity index (χ2n) is 4.49. The molecule has 0 amide bonds. The molecule has 3 nitrogen and oxygen atoms in total. The molecule has 0 fully saturated rings. The molecule has 0 atom stereocenters. The summed E-state index contributed by atoms with van der Waals surface area (Å²) in [5.41, 5.74) is 0.875. The highest BCUT2D eigenvalue weighted by Crippen LogP contribution is 2.22. The van der Waals surface area contributed by atoms with Gasteiger partial charge >= 0.3 is 0 Å². The van der Waals surface area contributed by atoms with Gasteiger partial charge in [-0.3, -0.25) is 0 Å². The fourth-order valence-electron chi connectivity index (χ4n) is 1.65. The molecule has 1 heterocycles. The number of anilines is 1. The van der Waals surface area contributed by atoms with Crippen LogP contribution in [0.25, 0.3) is 10.9 Å². The van der Waals surface area contributed by atoms with Gasteiger partial charge in [0.1, 0.15) is 12.1 Å². The van der Waals surface area contributed by atoms with Crippen molar-refractivity contribution in [2.24, 2.45) is 5.92 Å². The summed E-state index contributed by atoms with van der Waals surface area (Å²) in [6.07, 6.45) is 2.69. The van der Waals surface area contributed by atoms with E-state index in [4.69, 9.17) is 11.6 Å². The molecule has 0 unspecified atom stereocenters. The van der Waals surface area contributed by atoms with Crippen molar-refractivity contribution < 1.29 is 0 Å². The van der Waals surface area contributed by atoms with E-state index in [2.05, 4.69) is 29.1 Å². The van der Waals surface area contributed by atoms with Gasteiger partial charge in [-0.2, -0.15) is 0 Å². The van der Waals surface area contributed by atoms with Crippen molar-refractivity contribution in [3.63, 3.8) is 0 Å². The number of nitrogens with zero attached hydrogens (tertiary/aromatic N) is 2. The van der Waals surface area contributed by atoms with Gasteiger partial charge in [-0.25, -0.2) is 9.97 Å². The molecule has 0 aliphatic rings. The average Bonchev–Trinajstić information content (AvgIpc) is 2.40. The highest BCUT2D eigenvalue weighted by Gasteiger charge is 2.03. The number of rotatable bonds is 4. The number of hydrogen-bond acceptors (Lipinski definition) is 3. The van der Waals surface area contributed by atoms with Crippen LogP contribution in [0, 0.1) is 5.92 Å². The Morgan fingerprint density at radius 3 is 2.63 bits per heavy atom. The van der Waals surface area contributed by atoms with Gasteiger partial charge in [0.15, 0.2) is 0 Å². The molecule has 104 valence electrons. The standard InChI is InChI=1S/C13H16ClN3.C2H6/c1-9(2)5-6-15-13-11-4-3-10(14)7-12(11)16-8-17-13;1-2/h3-4,7-9H,5-6H2,1-2H3,(H,15,16,17);1-2H3. The lowest BCUT2D eigenvalue weighted by Crippen LogP contribution is -2.06. The quantitative estimate of drug-likeness (QED) is 0.876. The highest BCUT2D eigenvalue weighted by molar-refractivity contribution is 6.31. The zero-order valence-electron chi connectivity index (χ0n) is 12.1. The first kappa shape index (κ1) is 15.7. The second-order valence-corrected chi connectivity index (χ2v) is 4.93. The molecule has 0 bridgehead atoms. The van der Waals surface area contributed by atoms with Crippen molar-refractivity contribution in [1.82, 2.24) is 9.97 Å². The van der Waals surface area contributed by atoms with Crippen LogP contribution in [0.1, 0.15) is 34.1 Å². The lowest BCUT2D eigenvalue weighted by atomic mass is 10.1. The monoisotopic (exact) mass is 279 g/mol. The summed E-state index contributed by atoms with van der Waals surface area (Å²) in [7, 11) is 0. The van der Waals surface area contributed by atoms with Gasteiger partial charge in [0, 0.05) is 17.0 Å². The van der Waals surface area contributed by atoms with E-state index in [0.717, 1.165) is 29.7 Å². The van der Waals surface area contributed by atoms with Crippen LogP contribution in [0.5, 0.6) is 0 Å². The van der Waals surface area contributed by atoms with Gasteiger partial charge in [0.25, 0.3) is 0 Å². The Bertz CT molecular complexity index is 512. The van der Waals surface area contributed by atoms with Crippen molar-refractivity contribution in [1.29, 1.82) is 0 Å². The maximum atomic E-state index is 5.94. The van der Waals surface area contributed by atoms with E-state index in [-0.39, 0.29) is 0 Å². The molecule has 19 heavy (non-hydrogen) atoms. The normalized spacial score (nSPS) is 10.2. The summed E-state index contributed by atoms with van der Waals surface area (Å²) in [4.78, 5) is 8.48. The lowest BCUT2D eigenvalue weighted by Gasteiger charge is -2.09. The van der Waals surface area contributed by atoms with E-state index in [1.165, 1.54) is 0 Å². The first-order valence-corrected chi connectivity index (χ1v) is 7.19. The van der Waals surface area contributed by atoms with Crippen LogP contribution >= 0.6 is 11.6 Å². The maximum absolute atomic E-state index is 5.94. The molecule has 0 spiro atoms. The SMILES string of the molecule is CC.CC(C)CCNc1ncnc2cc(Cl)ccc12. The third-order valence-corrected chi connectivity index (χ3v) is 2.85. The Balaban J connectivity index is 0.000000861. The Kier molecular flexibility index (Phi) is 6.57. The smallest absolute Gasteiger partial charge is 0.137 e. The number of halogens is 1. The Hall–Kier alpha value is -1.35. The number of nitrogens with one attached hydrogen (secondary N) is 1. The summed E-state index contributed by atoms with van der Waals surface area (Å²) in [5, 5.41) is 5.06. The van der Waals surface area contributed by atoms with Gasteiger partial charge < -0.3 is 5.32 Å². The topological polar surface area (TPSA) is 37.8 Å². The van der Waals surface area contributed by atoms with E-state index >= 15 is 0 Å². The molecule has 0 saturated heterocycles. The highest BCUT2D eigenvalue weighted by atomic mass is 35.5. The lowest BCUT2D eigenvalue weighted by molar-refractivity contribution is 0.607. The molecule has 2 rings (SSSR count). The second kappa shape index (κ2) is 7.95. The van der Waals surface area contributed by atoms with Crippen molar-refractivity contribution in [2.75, 3.05) is 11.9 Å². The molecular weight excluding hydrogens is 258 g/mol. The van der Waals surface area contributed by atoms with Gasteiger partial charge in [-0.05, 0) is 30.5 Å². The maximum Gasteiger partial charge on any atom is 0.137 e. The number of hydrogen-bond donors (Lipinski definition) is 1. The summed E-state index contributed by atoms with van der Waals surface area (Å²) >= 11 is 5.94. The van der Waals surface area contributed by atoms with Gasteiger partial charge in [-0.15, -0.1) is 0 Å². The minimum absolute atomic E-state index is 0.685. The molecule has 0 radical (unpaired) electrons. The van der Waals surface area contributed by atoms with Crippen LogP contribution in [0.15, 0.2) is 24.5 Å². The van der Waals surface area contributed by atoms with Crippen molar-refractivity contribution in [2.45, 2.75) is 34.1 Å². The molecule has 1 N–H and O–H groups in total. The molecule has 1 aromatic carbocycles. The third-order valence-electron chi connectivity index (χ3n) is 2.61. The molecular formula is C15H22ClN3. The zero-order chi connectivity index (χ0) is 14.3. The Morgan fingerprint density at radius 1 is 1.21 bits per heavy atom. The predicted octanol–water partition coefficient (Wildman–Crippen LogP) is 4.77. The average molecular weight is 280 g/mol. The largest absolute Gasteiger partial charge is 0.369 e. The van der Waals surface area contributed by atoms with Gasteiger partial charge in [0.2, 0.25) is 0 Å². The summed E-state index contributed by atoms with van der Waals surface area (Å²) in [6.45, 7) is 9.34. The summed E-state index contributed by atoms with van der Waals surface area (Å²) < 4.78 is 0. The zero-order valence-corrected chi connectivity index (χ0v) is 12.8. The van der Waals surface area contributed by atoms with E-state index in [0.29, 0.717) is 10.9 Å². The van der Waals surface area contributed by atoms with Gasteiger partial charge in [0.05, 0.1) is 5.52 Å². The molecule has 0 aliphatic heterocycles. The summed E-state index contributed by atoms with van der Waals surface area (Å²) in [5.74, 6) is 1.57. The van der Waals surface area contributed by atoms with Gasteiger partial charge in [-0.1, -0.05) is 39.3 Å². The molecule has 0 saturated carbocycles. The van der Waals surface area contributed by atoms with Crippen molar-refractivity contribution in [3.05, 3.63) is 29.5 Å².